The van der Waals surface area contributed by atoms with Crippen LogP contribution in [0.1, 0.15) is 33.1 Å². The van der Waals surface area contributed by atoms with E-state index in [1.165, 1.54) is 24.6 Å². The van der Waals surface area contributed by atoms with Crippen LogP contribution in [0.5, 0.6) is 0 Å². The van der Waals surface area contributed by atoms with E-state index in [1.54, 1.807) is 6.92 Å². The molecule has 0 aliphatic carbocycles. The molecule has 0 fully saturated rings. The molecule has 0 heterocycles. The number of amides is 2. The van der Waals surface area contributed by atoms with Crippen LogP contribution >= 0.6 is 8.58 Å². The molecule has 0 saturated carbocycles. The maximum absolute atomic E-state index is 12.2. The van der Waals surface area contributed by atoms with Gasteiger partial charge in [0.2, 0.25) is 11.8 Å². The number of rotatable bonds is 17. The summed E-state index contributed by atoms with van der Waals surface area (Å²) in [6, 6.07) is 2.46. The Kier molecular flexibility index (Phi) is 14.7. The van der Waals surface area contributed by atoms with Gasteiger partial charge < -0.3 is 19.5 Å². The fourth-order valence-electron chi connectivity index (χ4n) is 4.15. The van der Waals surface area contributed by atoms with Gasteiger partial charge in [0, 0.05) is 20.3 Å². The summed E-state index contributed by atoms with van der Waals surface area (Å²) in [7, 11) is -4.33. The summed E-state index contributed by atoms with van der Waals surface area (Å²) in [4.78, 5) is 24.0. The van der Waals surface area contributed by atoms with Crippen molar-refractivity contribution in [2.45, 2.75) is 95.9 Å². The molecule has 0 radical (unpaired) electrons. The highest BCUT2D eigenvalue weighted by atomic mass is 31.1. The first-order valence-corrected chi connectivity index (χ1v) is 23.1. The zero-order valence-corrected chi connectivity index (χ0v) is 26.1. The Balaban J connectivity index is 4.31. The largest absolute Gasteiger partial charge is 0.456 e. The Morgan fingerprint density at radius 3 is 2.19 bits per heavy atom. The molecular weight excluding hydrogens is 471 g/mol. The Labute approximate surface area is 202 Å². The van der Waals surface area contributed by atoms with Crippen LogP contribution in [0.25, 0.3) is 0 Å². The maximum atomic E-state index is 12.2. The molecule has 0 aromatic carbocycles. The van der Waals surface area contributed by atoms with Crippen molar-refractivity contribution in [2.24, 2.45) is 0 Å². The first kappa shape index (κ1) is 31.7. The van der Waals surface area contributed by atoms with E-state index in [0.29, 0.717) is 12.2 Å². The van der Waals surface area contributed by atoms with Crippen LogP contribution in [-0.2, 0) is 18.4 Å². The number of hydrogen-bond acceptors (Lipinski definition) is 4. The third-order valence-corrected chi connectivity index (χ3v) is 21.2. The number of hydrogen-bond donors (Lipinski definition) is 2. The van der Waals surface area contributed by atoms with Crippen LogP contribution in [0.3, 0.4) is 0 Å². The zero-order chi connectivity index (χ0) is 25.0. The fraction of sp³-hybridized carbons (Fsp3) is 0.818. The molecule has 2 unspecified atom stereocenters. The van der Waals surface area contributed by atoms with E-state index in [0.717, 1.165) is 12.5 Å². The Bertz CT molecular complexity index is 616. The topological polar surface area (TPSA) is 76.7 Å². The zero-order valence-electron chi connectivity index (χ0n) is 22.1. The number of ether oxygens (including phenoxy) is 1. The average Bonchev–Trinajstić information content (AvgIpc) is 2.64. The minimum absolute atomic E-state index is 0.156. The van der Waals surface area contributed by atoms with Gasteiger partial charge in [-0.25, -0.2) is 0 Å². The van der Waals surface area contributed by atoms with Gasteiger partial charge in [-0.15, -0.1) is 0 Å². The monoisotopic (exact) mass is 520 g/mol. The minimum Gasteiger partial charge on any atom is -0.456 e. The minimum atomic E-state index is -1.74. The predicted octanol–water partition coefficient (Wildman–Crippen LogP) is 5.27. The van der Waals surface area contributed by atoms with Crippen molar-refractivity contribution >= 4 is 45.1 Å². The van der Waals surface area contributed by atoms with Crippen molar-refractivity contribution in [2.75, 3.05) is 20.0 Å². The SMILES string of the molecule is C=C(C)C(=O)NC(PC)C(=O)NCOCCC[Si](C)(C)O[Si](C)(C)C[Si](C)(C)CCCC. The molecule has 0 spiro atoms. The summed E-state index contributed by atoms with van der Waals surface area (Å²) in [5.74, 6) is -1.06. The number of carbonyl (C=O) groups excluding carboxylic acids is 2. The lowest BCUT2D eigenvalue weighted by atomic mass is 10.3. The molecule has 0 aromatic rings. The predicted molar refractivity (Wildman–Crippen MR) is 147 cm³/mol. The van der Waals surface area contributed by atoms with Gasteiger partial charge in [-0.05, 0) is 57.9 Å². The number of unbranched alkanes of at least 4 members (excludes halogenated alkanes) is 1. The van der Waals surface area contributed by atoms with Crippen molar-refractivity contribution in [1.82, 2.24) is 10.6 Å². The fourth-order valence-corrected chi connectivity index (χ4v) is 24.4. The molecular formula is C22H49N2O4PSi3. The van der Waals surface area contributed by atoms with E-state index in [9.17, 15) is 9.59 Å². The second-order valence-corrected chi connectivity index (χ2v) is 26.5. The standard InChI is InChI=1S/C22H49N2O4PSi3/c1-11-12-15-30(5,6)18-32(9,10)28-31(7,8)16-13-14-27-17-23-21(26)22(29-4)24-20(25)19(2)3/h22,29H,2,11-18H2,1,3-10H3,(H,23,26)(H,24,25). The van der Waals surface area contributed by atoms with Crippen LogP contribution in [0.15, 0.2) is 12.2 Å². The molecule has 188 valence electrons. The smallest absolute Gasteiger partial charge is 0.248 e. The summed E-state index contributed by atoms with van der Waals surface area (Å²) in [6.07, 6.45) is 3.56. The highest BCUT2D eigenvalue weighted by Gasteiger charge is 2.37. The third kappa shape index (κ3) is 14.8. The lowest BCUT2D eigenvalue weighted by molar-refractivity contribution is -0.126. The molecule has 32 heavy (non-hydrogen) atoms. The molecule has 0 aliphatic heterocycles. The summed E-state index contributed by atoms with van der Waals surface area (Å²) >= 11 is 0. The van der Waals surface area contributed by atoms with Crippen LogP contribution < -0.4 is 10.6 Å². The Morgan fingerprint density at radius 2 is 1.66 bits per heavy atom. The average molecular weight is 521 g/mol. The van der Waals surface area contributed by atoms with Crippen LogP contribution in [0.2, 0.25) is 57.0 Å². The van der Waals surface area contributed by atoms with Gasteiger partial charge in [0.25, 0.3) is 0 Å². The second kappa shape index (κ2) is 14.8. The van der Waals surface area contributed by atoms with Gasteiger partial charge >= 0.3 is 0 Å². The summed E-state index contributed by atoms with van der Waals surface area (Å²) in [5, 5.41) is 5.44. The van der Waals surface area contributed by atoms with Gasteiger partial charge in [-0.2, -0.15) is 0 Å². The van der Waals surface area contributed by atoms with E-state index in [-0.39, 0.29) is 27.1 Å². The number of carbonyl (C=O) groups is 2. The molecule has 0 aromatic heterocycles. The highest BCUT2D eigenvalue weighted by molar-refractivity contribution is 7.39. The van der Waals surface area contributed by atoms with Gasteiger partial charge in [0.15, 0.2) is 16.6 Å². The first-order valence-electron chi connectivity index (χ1n) is 11.8. The molecule has 6 nitrogen and oxygen atoms in total. The van der Waals surface area contributed by atoms with Gasteiger partial charge in [0.1, 0.15) is 12.5 Å². The third-order valence-electron chi connectivity index (χ3n) is 5.29. The van der Waals surface area contributed by atoms with E-state index in [4.69, 9.17) is 8.85 Å². The Hall–Kier alpha value is -0.319. The second-order valence-electron chi connectivity index (χ2n) is 10.7. The lowest BCUT2D eigenvalue weighted by Crippen LogP contribution is -2.49. The molecule has 2 amide bonds. The van der Waals surface area contributed by atoms with E-state index in [2.05, 4.69) is 63.4 Å². The molecule has 2 atom stereocenters. The van der Waals surface area contributed by atoms with E-state index in [1.807, 2.05) is 6.66 Å². The van der Waals surface area contributed by atoms with Crippen LogP contribution in [-0.4, -0.2) is 62.3 Å². The summed E-state index contributed by atoms with van der Waals surface area (Å²) in [5.41, 5.74) is 1.73. The normalized spacial score (nSPS) is 13.9. The van der Waals surface area contributed by atoms with Crippen molar-refractivity contribution in [3.8, 4) is 0 Å². The van der Waals surface area contributed by atoms with Crippen molar-refractivity contribution in [3.63, 3.8) is 0 Å². The van der Waals surface area contributed by atoms with E-state index >= 15 is 0 Å². The van der Waals surface area contributed by atoms with Crippen molar-refractivity contribution in [3.05, 3.63) is 12.2 Å². The molecule has 2 N–H and O–H groups in total. The van der Waals surface area contributed by atoms with Crippen molar-refractivity contribution < 1.29 is 18.4 Å². The van der Waals surface area contributed by atoms with Gasteiger partial charge in [0.05, 0.1) is 0 Å². The molecule has 0 rings (SSSR count). The van der Waals surface area contributed by atoms with Crippen LogP contribution in [0, 0.1) is 0 Å². The first-order chi connectivity index (χ1) is 14.6. The highest BCUT2D eigenvalue weighted by Crippen LogP contribution is 2.29. The lowest BCUT2D eigenvalue weighted by Gasteiger charge is -2.38. The Morgan fingerprint density at radius 1 is 1.03 bits per heavy atom. The van der Waals surface area contributed by atoms with E-state index < -0.39 is 30.5 Å². The molecule has 0 saturated heterocycles. The molecule has 0 aliphatic rings. The molecule has 10 heteroatoms. The van der Waals surface area contributed by atoms with Crippen LogP contribution in [0.4, 0.5) is 0 Å². The van der Waals surface area contributed by atoms with Gasteiger partial charge in [-0.1, -0.05) is 54.1 Å². The summed E-state index contributed by atoms with van der Waals surface area (Å²) < 4.78 is 12.5. The molecule has 0 bridgehead atoms. The van der Waals surface area contributed by atoms with Crippen molar-refractivity contribution in [1.29, 1.82) is 0 Å². The quantitative estimate of drug-likeness (QED) is 0.0901. The number of nitrogens with one attached hydrogen (secondary N) is 2. The summed E-state index contributed by atoms with van der Waals surface area (Å²) in [6.45, 7) is 24.6. The van der Waals surface area contributed by atoms with Gasteiger partial charge in [-0.3, -0.25) is 9.59 Å². The maximum Gasteiger partial charge on any atom is 0.248 e.